The number of aryl methyl sites for hydroxylation is 2. The Kier molecular flexibility index (Phi) is 6.50. The number of rotatable bonds is 7. The highest BCUT2D eigenvalue weighted by atomic mass is 16.5. The van der Waals surface area contributed by atoms with Gasteiger partial charge in [0.25, 0.3) is 5.91 Å². The van der Waals surface area contributed by atoms with Crippen LogP contribution in [-0.4, -0.2) is 17.0 Å². The number of carbonyl (C=O) groups excluding carboxylic acids is 1. The Morgan fingerprint density at radius 2 is 1.79 bits per heavy atom. The number of benzene rings is 2. The number of anilines is 1. The minimum Gasteiger partial charge on any atom is -0.489 e. The highest BCUT2D eigenvalue weighted by molar-refractivity contribution is 6.05. The summed E-state index contributed by atoms with van der Waals surface area (Å²) in [5.74, 6) is 1.25. The van der Waals surface area contributed by atoms with E-state index in [1.54, 1.807) is 12.4 Å². The largest absolute Gasteiger partial charge is 0.489 e. The van der Waals surface area contributed by atoms with Crippen molar-refractivity contribution >= 4 is 11.6 Å². The minimum atomic E-state index is -0.185. The lowest BCUT2D eigenvalue weighted by Gasteiger charge is -2.16. The first-order chi connectivity index (χ1) is 13.9. The smallest absolute Gasteiger partial charge is 0.255 e. The molecule has 3 aromatic rings. The lowest BCUT2D eigenvalue weighted by molar-refractivity contribution is 0.102. The zero-order valence-corrected chi connectivity index (χ0v) is 17.2. The van der Waals surface area contributed by atoms with Crippen molar-refractivity contribution in [2.24, 2.45) is 0 Å². The van der Waals surface area contributed by atoms with Crippen LogP contribution in [0.25, 0.3) is 0 Å². The van der Waals surface area contributed by atoms with Gasteiger partial charge in [-0.25, -0.2) is 0 Å². The van der Waals surface area contributed by atoms with E-state index in [9.17, 15) is 4.79 Å². The molecule has 1 amide bonds. The zero-order valence-electron chi connectivity index (χ0n) is 17.2. The van der Waals surface area contributed by atoms with Crippen LogP contribution in [0.1, 0.15) is 40.9 Å². The van der Waals surface area contributed by atoms with Gasteiger partial charge in [0.05, 0.1) is 11.8 Å². The molecular weight excluding hydrogens is 364 g/mol. The molecule has 0 spiro atoms. The maximum Gasteiger partial charge on any atom is 0.255 e. The number of nitrogens with zero attached hydrogens (tertiary/aromatic N) is 1. The van der Waals surface area contributed by atoms with Gasteiger partial charge in [-0.1, -0.05) is 18.2 Å². The predicted octanol–water partition coefficient (Wildman–Crippen LogP) is 5.32. The van der Waals surface area contributed by atoms with E-state index in [1.807, 2.05) is 76.2 Å². The monoisotopic (exact) mass is 390 g/mol. The van der Waals surface area contributed by atoms with E-state index in [4.69, 9.17) is 9.47 Å². The lowest BCUT2D eigenvalue weighted by Crippen LogP contribution is -2.15. The number of hydrogen-bond acceptors (Lipinski definition) is 4. The van der Waals surface area contributed by atoms with Gasteiger partial charge >= 0.3 is 0 Å². The molecule has 0 unspecified atom stereocenters. The molecule has 0 saturated carbocycles. The van der Waals surface area contributed by atoms with Crippen LogP contribution >= 0.6 is 0 Å². The van der Waals surface area contributed by atoms with Crippen LogP contribution in [0.5, 0.6) is 11.5 Å². The molecule has 2 aromatic carbocycles. The number of amides is 1. The molecule has 1 heterocycles. The second kappa shape index (κ2) is 9.24. The number of ether oxygens (including phenoxy) is 2. The van der Waals surface area contributed by atoms with E-state index in [1.165, 1.54) is 0 Å². The molecule has 5 heteroatoms. The Morgan fingerprint density at radius 3 is 2.45 bits per heavy atom. The molecule has 0 saturated heterocycles. The molecule has 0 aliphatic rings. The third-order valence-electron chi connectivity index (χ3n) is 4.33. The molecule has 0 bridgehead atoms. The normalized spacial score (nSPS) is 10.7. The first-order valence-electron chi connectivity index (χ1n) is 9.64. The summed E-state index contributed by atoms with van der Waals surface area (Å²) in [6.45, 7) is 8.22. The standard InChI is InChI=1S/C24H26N2O3/c1-16(2)29-22-10-6-5-9-21(22)26-24(27)20-12-17(3)23(18(4)13-20)28-15-19-8-7-11-25-14-19/h5-14,16H,15H2,1-4H3,(H,26,27). The van der Waals surface area contributed by atoms with E-state index in [0.717, 1.165) is 22.4 Å². The van der Waals surface area contributed by atoms with Gasteiger partial charge in [0.2, 0.25) is 0 Å². The molecule has 150 valence electrons. The van der Waals surface area contributed by atoms with Gasteiger partial charge < -0.3 is 14.8 Å². The summed E-state index contributed by atoms with van der Waals surface area (Å²) in [7, 11) is 0. The first kappa shape index (κ1) is 20.4. The summed E-state index contributed by atoms with van der Waals surface area (Å²) >= 11 is 0. The van der Waals surface area contributed by atoms with E-state index in [0.29, 0.717) is 23.6 Å². The van der Waals surface area contributed by atoms with Crippen molar-refractivity contribution in [2.75, 3.05) is 5.32 Å². The zero-order chi connectivity index (χ0) is 20.8. The van der Waals surface area contributed by atoms with E-state index in [2.05, 4.69) is 10.3 Å². The van der Waals surface area contributed by atoms with Gasteiger partial charge in [-0.15, -0.1) is 0 Å². The quantitative estimate of drug-likeness (QED) is 0.593. The summed E-state index contributed by atoms with van der Waals surface area (Å²) in [6.07, 6.45) is 3.54. The maximum absolute atomic E-state index is 12.8. The van der Waals surface area contributed by atoms with Crippen LogP contribution in [0.4, 0.5) is 5.69 Å². The molecular formula is C24H26N2O3. The molecule has 0 radical (unpaired) electrons. The molecule has 0 atom stereocenters. The van der Waals surface area contributed by atoms with Crippen molar-refractivity contribution in [3.63, 3.8) is 0 Å². The summed E-state index contributed by atoms with van der Waals surface area (Å²) in [6, 6.07) is 15.0. The fourth-order valence-corrected chi connectivity index (χ4v) is 3.07. The van der Waals surface area contributed by atoms with Gasteiger partial charge in [-0.3, -0.25) is 9.78 Å². The summed E-state index contributed by atoms with van der Waals surface area (Å²) in [4.78, 5) is 16.9. The molecule has 5 nitrogen and oxygen atoms in total. The van der Waals surface area contributed by atoms with Crippen molar-refractivity contribution < 1.29 is 14.3 Å². The number of nitrogens with one attached hydrogen (secondary N) is 1. The third kappa shape index (κ3) is 5.35. The van der Waals surface area contributed by atoms with Gasteiger partial charge in [0.15, 0.2) is 0 Å². The fourth-order valence-electron chi connectivity index (χ4n) is 3.07. The van der Waals surface area contributed by atoms with Gasteiger partial charge in [-0.05, 0) is 69.2 Å². The van der Waals surface area contributed by atoms with Crippen LogP contribution in [0, 0.1) is 13.8 Å². The minimum absolute atomic E-state index is 0.0220. The Hall–Kier alpha value is -3.34. The molecule has 1 N–H and O–H groups in total. The van der Waals surface area contributed by atoms with Crippen molar-refractivity contribution in [2.45, 2.75) is 40.4 Å². The maximum atomic E-state index is 12.8. The molecule has 3 rings (SSSR count). The molecule has 1 aromatic heterocycles. The second-order valence-corrected chi connectivity index (χ2v) is 7.21. The molecule has 0 aliphatic heterocycles. The molecule has 0 aliphatic carbocycles. The van der Waals surface area contributed by atoms with Gasteiger partial charge in [0.1, 0.15) is 18.1 Å². The average molecular weight is 390 g/mol. The van der Waals surface area contributed by atoms with Crippen LogP contribution < -0.4 is 14.8 Å². The predicted molar refractivity (Wildman–Crippen MR) is 115 cm³/mol. The van der Waals surface area contributed by atoms with Gasteiger partial charge in [0, 0.05) is 23.5 Å². The van der Waals surface area contributed by atoms with E-state index < -0.39 is 0 Å². The summed E-state index contributed by atoms with van der Waals surface area (Å²) < 4.78 is 11.8. The van der Waals surface area contributed by atoms with Crippen molar-refractivity contribution in [1.29, 1.82) is 0 Å². The average Bonchev–Trinajstić information content (AvgIpc) is 2.69. The van der Waals surface area contributed by atoms with Crippen LogP contribution in [-0.2, 0) is 6.61 Å². The van der Waals surface area contributed by atoms with Gasteiger partial charge in [-0.2, -0.15) is 0 Å². The number of carbonyl (C=O) groups is 1. The van der Waals surface area contributed by atoms with Crippen molar-refractivity contribution in [3.05, 3.63) is 83.2 Å². The number of hydrogen-bond donors (Lipinski definition) is 1. The first-order valence-corrected chi connectivity index (χ1v) is 9.64. The SMILES string of the molecule is Cc1cc(C(=O)Nc2ccccc2OC(C)C)cc(C)c1OCc1cccnc1. The Balaban J connectivity index is 1.75. The van der Waals surface area contributed by atoms with Crippen LogP contribution in [0.3, 0.4) is 0 Å². The van der Waals surface area contributed by atoms with E-state index in [-0.39, 0.29) is 12.0 Å². The highest BCUT2D eigenvalue weighted by Crippen LogP contribution is 2.28. The topological polar surface area (TPSA) is 60.5 Å². The highest BCUT2D eigenvalue weighted by Gasteiger charge is 2.14. The Morgan fingerprint density at radius 1 is 1.07 bits per heavy atom. The number of aromatic nitrogens is 1. The fraction of sp³-hybridized carbons (Fsp3) is 0.250. The molecule has 0 fully saturated rings. The van der Waals surface area contributed by atoms with Crippen molar-refractivity contribution in [1.82, 2.24) is 4.98 Å². The summed E-state index contributed by atoms with van der Waals surface area (Å²) in [5.41, 5.74) is 4.04. The van der Waals surface area contributed by atoms with E-state index >= 15 is 0 Å². The lowest BCUT2D eigenvalue weighted by atomic mass is 10.0. The Labute approximate surface area is 171 Å². The van der Waals surface area contributed by atoms with Crippen molar-refractivity contribution in [3.8, 4) is 11.5 Å². The Bertz CT molecular complexity index is 961. The molecule has 29 heavy (non-hydrogen) atoms. The second-order valence-electron chi connectivity index (χ2n) is 7.21. The summed E-state index contributed by atoms with van der Waals surface area (Å²) in [5, 5.41) is 2.95. The van der Waals surface area contributed by atoms with Crippen LogP contribution in [0.15, 0.2) is 60.9 Å². The number of para-hydroxylation sites is 2. The third-order valence-corrected chi connectivity index (χ3v) is 4.33. The van der Waals surface area contributed by atoms with Crippen LogP contribution in [0.2, 0.25) is 0 Å². The number of pyridine rings is 1.